The Morgan fingerprint density at radius 1 is 1.16 bits per heavy atom. The fraction of sp³-hybridized carbons (Fsp3) is 0.455. The van der Waals surface area contributed by atoms with Crippen LogP contribution in [0.25, 0.3) is 0 Å². The number of aryl methyl sites for hydroxylation is 1. The molecule has 1 aromatic carbocycles. The summed E-state index contributed by atoms with van der Waals surface area (Å²) >= 11 is 2.93. The minimum Gasteiger partial charge on any atom is -0.496 e. The van der Waals surface area contributed by atoms with Gasteiger partial charge >= 0.3 is 0 Å². The largest absolute Gasteiger partial charge is 0.496 e. The van der Waals surface area contributed by atoms with Crippen LogP contribution >= 0.6 is 23.1 Å². The molecule has 1 aromatic heterocycles. The van der Waals surface area contributed by atoms with Gasteiger partial charge in [-0.1, -0.05) is 23.1 Å². The summed E-state index contributed by atoms with van der Waals surface area (Å²) in [7, 11) is 1.56. The Morgan fingerprint density at radius 2 is 1.84 bits per heavy atom. The van der Waals surface area contributed by atoms with E-state index in [1.165, 1.54) is 23.1 Å². The highest BCUT2D eigenvalue weighted by molar-refractivity contribution is 8.01. The molecule has 0 spiro atoms. The Labute approximate surface area is 195 Å². The number of rotatable bonds is 6. The van der Waals surface area contributed by atoms with Crippen LogP contribution in [0.5, 0.6) is 5.75 Å². The molecule has 0 radical (unpaired) electrons. The van der Waals surface area contributed by atoms with E-state index in [9.17, 15) is 14.4 Å². The highest BCUT2D eigenvalue weighted by Gasteiger charge is 2.30. The molecule has 2 aromatic rings. The van der Waals surface area contributed by atoms with Crippen molar-refractivity contribution in [2.75, 3.05) is 38.6 Å². The third-order valence-corrected chi connectivity index (χ3v) is 7.79. The van der Waals surface area contributed by atoms with E-state index in [2.05, 4.69) is 10.3 Å². The number of carbonyl (C=O) groups is 3. The lowest BCUT2D eigenvalue weighted by atomic mass is 10.1. The van der Waals surface area contributed by atoms with Gasteiger partial charge in [0.1, 0.15) is 5.75 Å². The lowest BCUT2D eigenvalue weighted by molar-refractivity contribution is -0.130. The van der Waals surface area contributed by atoms with Crippen molar-refractivity contribution in [3.05, 3.63) is 29.5 Å². The number of thiazole rings is 1. The molecule has 2 fully saturated rings. The van der Waals surface area contributed by atoms with E-state index in [0.717, 1.165) is 27.5 Å². The van der Waals surface area contributed by atoms with Crippen LogP contribution in [0, 0.1) is 12.8 Å². The minimum absolute atomic E-state index is 0.0287. The summed E-state index contributed by atoms with van der Waals surface area (Å²) in [5.41, 5.74) is 1.49. The van der Waals surface area contributed by atoms with Crippen LogP contribution in [0.1, 0.15) is 35.7 Å². The molecule has 32 heavy (non-hydrogen) atoms. The van der Waals surface area contributed by atoms with E-state index in [-0.39, 0.29) is 23.6 Å². The minimum atomic E-state index is -0.103. The third-order valence-electron chi connectivity index (χ3n) is 5.61. The maximum Gasteiger partial charge on any atom is 0.257 e. The van der Waals surface area contributed by atoms with Gasteiger partial charge in [-0.25, -0.2) is 4.98 Å². The molecule has 1 aliphatic carbocycles. The first-order valence-corrected chi connectivity index (χ1v) is 12.2. The zero-order chi connectivity index (χ0) is 22.8. The Bertz CT molecular complexity index is 1040. The van der Waals surface area contributed by atoms with Gasteiger partial charge < -0.3 is 19.9 Å². The number of hydrogen-bond donors (Lipinski definition) is 1. The molecule has 0 unspecified atom stereocenters. The summed E-state index contributed by atoms with van der Waals surface area (Å²) in [4.78, 5) is 45.5. The highest BCUT2D eigenvalue weighted by Crippen LogP contribution is 2.39. The average Bonchev–Trinajstić information content (AvgIpc) is 3.55. The predicted octanol–water partition coefficient (Wildman–Crippen LogP) is 3.26. The Morgan fingerprint density at radius 3 is 2.47 bits per heavy atom. The summed E-state index contributed by atoms with van der Waals surface area (Å²) in [5.74, 6) is 0.626. The van der Waals surface area contributed by atoms with Gasteiger partial charge in [0.05, 0.1) is 23.1 Å². The maximum atomic E-state index is 13.2. The molecule has 10 heteroatoms. The summed E-state index contributed by atoms with van der Waals surface area (Å²) in [5, 5.41) is 3.47. The summed E-state index contributed by atoms with van der Waals surface area (Å²) in [6.45, 7) is 5.58. The molecule has 170 valence electrons. The van der Waals surface area contributed by atoms with Crippen LogP contribution in [-0.2, 0) is 9.59 Å². The lowest BCUT2D eigenvalue weighted by Gasteiger charge is -2.34. The Balaban J connectivity index is 1.49. The van der Waals surface area contributed by atoms with E-state index in [4.69, 9.17) is 4.74 Å². The van der Waals surface area contributed by atoms with Crippen LogP contribution in [-0.4, -0.2) is 65.8 Å². The average molecular weight is 475 g/mol. The van der Waals surface area contributed by atoms with Gasteiger partial charge in [0.15, 0.2) is 5.13 Å². The predicted molar refractivity (Wildman–Crippen MR) is 123 cm³/mol. The smallest absolute Gasteiger partial charge is 0.257 e. The third kappa shape index (κ3) is 5.07. The van der Waals surface area contributed by atoms with E-state index in [0.29, 0.717) is 42.6 Å². The molecule has 3 amide bonds. The van der Waals surface area contributed by atoms with Crippen molar-refractivity contribution in [1.29, 1.82) is 0 Å². The number of hydrogen-bond acceptors (Lipinski definition) is 7. The molecule has 1 saturated carbocycles. The molecule has 4 rings (SSSR count). The Kier molecular flexibility index (Phi) is 6.71. The first-order valence-electron chi connectivity index (χ1n) is 10.5. The van der Waals surface area contributed by atoms with Crippen molar-refractivity contribution in [1.82, 2.24) is 14.8 Å². The number of benzene rings is 1. The zero-order valence-electron chi connectivity index (χ0n) is 18.3. The fourth-order valence-electron chi connectivity index (χ4n) is 3.53. The molecule has 0 atom stereocenters. The van der Waals surface area contributed by atoms with E-state index < -0.39 is 0 Å². The molecule has 8 nitrogen and oxygen atoms in total. The molecule has 2 heterocycles. The second-order valence-electron chi connectivity index (χ2n) is 7.97. The number of nitrogens with zero attached hydrogens (tertiary/aromatic N) is 3. The maximum absolute atomic E-state index is 13.2. The van der Waals surface area contributed by atoms with Crippen LogP contribution in [0.4, 0.5) is 5.13 Å². The van der Waals surface area contributed by atoms with Crippen LogP contribution < -0.4 is 10.1 Å². The highest BCUT2D eigenvalue weighted by atomic mass is 32.2. The first-order chi connectivity index (χ1) is 15.4. The second kappa shape index (κ2) is 9.50. The second-order valence-corrected chi connectivity index (χ2v) is 10.3. The van der Waals surface area contributed by atoms with Crippen LogP contribution in [0.2, 0.25) is 0 Å². The number of methoxy groups -OCH3 is 1. The van der Waals surface area contributed by atoms with Crippen molar-refractivity contribution in [2.24, 2.45) is 5.92 Å². The standard InChI is InChI=1S/C22H26N4O4S2/c1-13-10-17(30-3)16(21(29)26-8-6-25(7-9-26)14(2)27)11-18(13)31-19-12-23-22(32-19)24-20(28)15-4-5-15/h10-12,15H,4-9H2,1-3H3,(H,23,24,28). The number of aromatic nitrogens is 1. The van der Waals surface area contributed by atoms with Crippen molar-refractivity contribution in [3.8, 4) is 5.75 Å². The van der Waals surface area contributed by atoms with Gasteiger partial charge in [-0.15, -0.1) is 0 Å². The zero-order valence-corrected chi connectivity index (χ0v) is 20.0. The molecule has 1 saturated heterocycles. The molecule has 2 aliphatic rings. The number of carbonyl (C=O) groups excluding carboxylic acids is 3. The van der Waals surface area contributed by atoms with Gasteiger partial charge in [0, 0.05) is 43.9 Å². The van der Waals surface area contributed by atoms with E-state index >= 15 is 0 Å². The van der Waals surface area contributed by atoms with Gasteiger partial charge in [0.2, 0.25) is 11.8 Å². The molecule has 1 N–H and O–H groups in total. The normalized spacial score (nSPS) is 16.1. The van der Waals surface area contributed by atoms with Gasteiger partial charge in [-0.3, -0.25) is 14.4 Å². The van der Waals surface area contributed by atoms with Crippen LogP contribution in [0.3, 0.4) is 0 Å². The molecular weight excluding hydrogens is 448 g/mol. The van der Waals surface area contributed by atoms with Gasteiger partial charge in [-0.05, 0) is 37.5 Å². The molecular formula is C22H26N4O4S2. The summed E-state index contributed by atoms with van der Waals surface area (Å²) < 4.78 is 6.43. The van der Waals surface area contributed by atoms with Crippen molar-refractivity contribution in [3.63, 3.8) is 0 Å². The van der Waals surface area contributed by atoms with Crippen LogP contribution in [0.15, 0.2) is 27.4 Å². The van der Waals surface area contributed by atoms with Gasteiger partial charge in [0.25, 0.3) is 5.91 Å². The number of amides is 3. The van der Waals surface area contributed by atoms with Crippen molar-refractivity contribution < 1.29 is 19.1 Å². The van der Waals surface area contributed by atoms with E-state index in [1.54, 1.807) is 30.0 Å². The monoisotopic (exact) mass is 474 g/mol. The number of nitrogens with one attached hydrogen (secondary N) is 1. The van der Waals surface area contributed by atoms with E-state index in [1.807, 2.05) is 19.1 Å². The van der Waals surface area contributed by atoms with Crippen molar-refractivity contribution in [2.45, 2.75) is 35.8 Å². The topological polar surface area (TPSA) is 91.8 Å². The van der Waals surface area contributed by atoms with Crippen molar-refractivity contribution >= 4 is 46.0 Å². The Hall–Kier alpha value is -2.59. The first kappa shape index (κ1) is 22.6. The van der Waals surface area contributed by atoms with Gasteiger partial charge in [-0.2, -0.15) is 0 Å². The summed E-state index contributed by atoms with van der Waals surface area (Å²) in [6, 6.07) is 3.74. The fourth-order valence-corrected chi connectivity index (χ4v) is 5.47. The quantitative estimate of drug-likeness (QED) is 0.691. The number of ether oxygens (including phenoxy) is 1. The molecule has 0 bridgehead atoms. The molecule has 1 aliphatic heterocycles. The lowest BCUT2D eigenvalue weighted by Crippen LogP contribution is -2.50. The number of piperazine rings is 1. The SMILES string of the molecule is COc1cc(C)c(Sc2cnc(NC(=O)C3CC3)s2)cc1C(=O)N1CCN(C(C)=O)CC1. The summed E-state index contributed by atoms with van der Waals surface area (Å²) in [6.07, 6.45) is 3.64. The number of anilines is 1.